The molecule has 8 nitrogen and oxygen atoms in total. The quantitative estimate of drug-likeness (QED) is 0.201. The van der Waals surface area contributed by atoms with E-state index in [0.717, 1.165) is 0 Å². The van der Waals surface area contributed by atoms with Gasteiger partial charge in [0.15, 0.2) is 0 Å². The van der Waals surface area contributed by atoms with Crippen molar-refractivity contribution < 1.29 is 20.1 Å². The van der Waals surface area contributed by atoms with Crippen LogP contribution in [0, 0.1) is 0 Å². The number of nitrogens with one attached hydrogen (secondary N) is 2. The Bertz CT molecular complexity index is 230. The van der Waals surface area contributed by atoms with Gasteiger partial charge in [0.1, 0.15) is 6.23 Å². The number of hydrogen-bond donors (Lipinski definition) is 7. The van der Waals surface area contributed by atoms with Crippen molar-refractivity contribution in [1.29, 1.82) is 0 Å². The first-order valence-electron chi connectivity index (χ1n) is 5.94. The molecule has 18 heavy (non-hydrogen) atoms. The van der Waals surface area contributed by atoms with Gasteiger partial charge in [-0.25, -0.2) is 0 Å². The summed E-state index contributed by atoms with van der Waals surface area (Å²) in [6.45, 7) is 0.467. The number of carbonyl (C=O) groups excluding carboxylic acids is 1. The number of aliphatic hydroxyl groups excluding tert-OH is 3. The van der Waals surface area contributed by atoms with Gasteiger partial charge in [0.2, 0.25) is 5.91 Å². The van der Waals surface area contributed by atoms with Crippen LogP contribution in [0.25, 0.3) is 0 Å². The SMILES string of the molecule is NCC(O)CNC(=O)CCC(O)NCC(O)CN. The van der Waals surface area contributed by atoms with Crippen LogP contribution in [0.15, 0.2) is 0 Å². The molecule has 3 unspecified atom stereocenters. The highest BCUT2D eigenvalue weighted by Gasteiger charge is 2.10. The van der Waals surface area contributed by atoms with E-state index in [4.69, 9.17) is 21.7 Å². The lowest BCUT2D eigenvalue weighted by atomic mass is 10.2. The Morgan fingerprint density at radius 2 is 1.61 bits per heavy atom. The minimum atomic E-state index is -0.878. The van der Waals surface area contributed by atoms with Crippen LogP contribution in [0.4, 0.5) is 0 Å². The molecule has 1 amide bonds. The molecule has 0 aromatic rings. The Kier molecular flexibility index (Phi) is 9.74. The van der Waals surface area contributed by atoms with E-state index in [1.54, 1.807) is 0 Å². The van der Waals surface area contributed by atoms with E-state index in [9.17, 15) is 9.90 Å². The van der Waals surface area contributed by atoms with E-state index in [0.29, 0.717) is 0 Å². The maximum absolute atomic E-state index is 11.3. The van der Waals surface area contributed by atoms with Crippen LogP contribution in [-0.4, -0.2) is 65.8 Å². The van der Waals surface area contributed by atoms with Gasteiger partial charge >= 0.3 is 0 Å². The topological polar surface area (TPSA) is 154 Å². The number of amides is 1. The summed E-state index contributed by atoms with van der Waals surface area (Å²) in [6.07, 6.45) is -2.02. The van der Waals surface area contributed by atoms with E-state index in [1.165, 1.54) is 0 Å². The van der Waals surface area contributed by atoms with Gasteiger partial charge < -0.3 is 32.1 Å². The second-order valence-electron chi connectivity index (χ2n) is 4.05. The lowest BCUT2D eigenvalue weighted by Gasteiger charge is -2.15. The Morgan fingerprint density at radius 1 is 1.06 bits per heavy atom. The number of hydrogen-bond acceptors (Lipinski definition) is 7. The first-order chi connectivity index (χ1) is 8.49. The fourth-order valence-electron chi connectivity index (χ4n) is 1.13. The predicted molar refractivity (Wildman–Crippen MR) is 66.4 cm³/mol. The van der Waals surface area contributed by atoms with E-state index < -0.39 is 18.4 Å². The molecule has 0 aromatic heterocycles. The number of aliphatic hydroxyl groups is 3. The zero-order valence-corrected chi connectivity index (χ0v) is 10.4. The molecule has 0 spiro atoms. The largest absolute Gasteiger partial charge is 0.390 e. The summed E-state index contributed by atoms with van der Waals surface area (Å²) in [7, 11) is 0. The van der Waals surface area contributed by atoms with E-state index >= 15 is 0 Å². The summed E-state index contributed by atoms with van der Waals surface area (Å²) < 4.78 is 0. The third kappa shape index (κ3) is 9.28. The van der Waals surface area contributed by atoms with Crippen molar-refractivity contribution in [2.24, 2.45) is 11.5 Å². The van der Waals surface area contributed by atoms with Crippen LogP contribution in [0.3, 0.4) is 0 Å². The zero-order valence-electron chi connectivity index (χ0n) is 10.4. The van der Waals surface area contributed by atoms with Gasteiger partial charge in [-0.15, -0.1) is 0 Å². The standard InChI is InChI=1S/C10H24N4O4/c11-3-7(15)5-13-9(17)1-2-10(18)14-6-8(16)4-12/h7-9,13,15-17H,1-6,11-12H2,(H,14,18). The van der Waals surface area contributed by atoms with Gasteiger partial charge in [0.25, 0.3) is 0 Å². The molecule has 0 bridgehead atoms. The maximum atomic E-state index is 11.3. The molecule has 8 heteroatoms. The highest BCUT2D eigenvalue weighted by atomic mass is 16.3. The summed E-state index contributed by atoms with van der Waals surface area (Å²) in [5, 5.41) is 32.8. The van der Waals surface area contributed by atoms with Crippen molar-refractivity contribution in [3.05, 3.63) is 0 Å². The lowest BCUT2D eigenvalue weighted by Crippen LogP contribution is -2.40. The van der Waals surface area contributed by atoms with E-state index in [2.05, 4.69) is 10.6 Å². The predicted octanol–water partition coefficient (Wildman–Crippen LogP) is -3.57. The van der Waals surface area contributed by atoms with Crippen molar-refractivity contribution in [3.8, 4) is 0 Å². The first kappa shape index (κ1) is 17.2. The Hall–Kier alpha value is -0.770. The number of nitrogens with two attached hydrogens (primary N) is 2. The van der Waals surface area contributed by atoms with E-state index in [-0.39, 0.29) is 44.9 Å². The highest BCUT2D eigenvalue weighted by Crippen LogP contribution is 1.94. The molecule has 0 aliphatic rings. The third-order valence-electron chi connectivity index (χ3n) is 2.31. The molecule has 0 saturated heterocycles. The molecule has 0 saturated carbocycles. The fourth-order valence-corrected chi connectivity index (χ4v) is 1.13. The van der Waals surface area contributed by atoms with Gasteiger partial charge in [-0.3, -0.25) is 10.1 Å². The van der Waals surface area contributed by atoms with Gasteiger partial charge in [-0.1, -0.05) is 0 Å². The molecule has 108 valence electrons. The van der Waals surface area contributed by atoms with Crippen molar-refractivity contribution in [2.45, 2.75) is 31.3 Å². The molecule has 0 rings (SSSR count). The zero-order chi connectivity index (χ0) is 14.0. The molecule has 0 aromatic carbocycles. The van der Waals surface area contributed by atoms with Gasteiger partial charge in [-0.2, -0.15) is 0 Å². The van der Waals surface area contributed by atoms with Gasteiger partial charge in [0.05, 0.1) is 12.2 Å². The summed E-state index contributed by atoms with van der Waals surface area (Å²) >= 11 is 0. The molecular formula is C10H24N4O4. The Morgan fingerprint density at radius 3 is 2.17 bits per heavy atom. The normalized spacial score (nSPS) is 16.1. The molecular weight excluding hydrogens is 240 g/mol. The minimum Gasteiger partial charge on any atom is -0.390 e. The first-order valence-corrected chi connectivity index (χ1v) is 5.94. The average Bonchev–Trinajstić information content (AvgIpc) is 2.39. The molecule has 0 fully saturated rings. The van der Waals surface area contributed by atoms with Crippen LogP contribution < -0.4 is 22.1 Å². The lowest BCUT2D eigenvalue weighted by molar-refractivity contribution is -0.122. The summed E-state index contributed by atoms with van der Waals surface area (Å²) in [6, 6.07) is 0. The smallest absolute Gasteiger partial charge is 0.220 e. The molecule has 0 aliphatic carbocycles. The van der Waals surface area contributed by atoms with Crippen molar-refractivity contribution in [2.75, 3.05) is 26.2 Å². The Labute approximate surface area is 106 Å². The average molecular weight is 264 g/mol. The van der Waals surface area contributed by atoms with Crippen LogP contribution in [0.2, 0.25) is 0 Å². The number of carbonyl (C=O) groups is 1. The Balaban J connectivity index is 3.59. The van der Waals surface area contributed by atoms with Crippen molar-refractivity contribution in [1.82, 2.24) is 10.6 Å². The maximum Gasteiger partial charge on any atom is 0.220 e. The summed E-state index contributed by atoms with van der Waals surface area (Å²) in [5.74, 6) is -0.275. The van der Waals surface area contributed by atoms with Crippen LogP contribution >= 0.6 is 0 Å². The fraction of sp³-hybridized carbons (Fsp3) is 0.900. The van der Waals surface area contributed by atoms with Crippen molar-refractivity contribution >= 4 is 5.91 Å². The second-order valence-corrected chi connectivity index (χ2v) is 4.05. The summed E-state index contributed by atoms with van der Waals surface area (Å²) in [4.78, 5) is 11.3. The molecule has 9 N–H and O–H groups in total. The molecule has 0 radical (unpaired) electrons. The van der Waals surface area contributed by atoms with Gasteiger partial charge in [-0.05, 0) is 6.42 Å². The highest BCUT2D eigenvalue weighted by molar-refractivity contribution is 5.75. The third-order valence-corrected chi connectivity index (χ3v) is 2.31. The van der Waals surface area contributed by atoms with Crippen LogP contribution in [0.5, 0.6) is 0 Å². The molecule has 3 atom stereocenters. The van der Waals surface area contributed by atoms with E-state index in [1.807, 2.05) is 0 Å². The number of rotatable bonds is 10. The van der Waals surface area contributed by atoms with Crippen LogP contribution in [-0.2, 0) is 4.79 Å². The minimum absolute atomic E-state index is 0.0848. The van der Waals surface area contributed by atoms with Crippen molar-refractivity contribution in [3.63, 3.8) is 0 Å². The van der Waals surface area contributed by atoms with Crippen LogP contribution in [0.1, 0.15) is 12.8 Å². The molecule has 0 heterocycles. The summed E-state index contributed by atoms with van der Waals surface area (Å²) in [5.41, 5.74) is 10.4. The second kappa shape index (κ2) is 10.2. The molecule has 0 aliphatic heterocycles. The monoisotopic (exact) mass is 264 g/mol. The van der Waals surface area contributed by atoms with Gasteiger partial charge in [0, 0.05) is 32.6 Å².